The topological polar surface area (TPSA) is 196 Å². The number of aliphatic hydroxyl groups is 4. The van der Waals surface area contributed by atoms with Crippen molar-refractivity contribution in [2.45, 2.75) is 43.7 Å². The standard InChI is InChI=1S/C24H24O12/c1-10(33-24-22(31)21(30)20(29)18(9-25)36-24)23(32)34-13-6-14(27)19-15(28)8-16(35-17(19)7-13)11-2-4-12(26)5-3-11/h2-8,10,18,20-22,24-27,29-31H,9H2,1H3. The number of carbonyl (C=O) groups is 1. The Balaban J connectivity index is 1.54. The highest BCUT2D eigenvalue weighted by Crippen LogP contribution is 2.32. The molecule has 36 heavy (non-hydrogen) atoms. The maximum absolute atomic E-state index is 12.6. The molecular weight excluding hydrogens is 480 g/mol. The van der Waals surface area contributed by atoms with Crippen LogP contribution in [-0.2, 0) is 14.3 Å². The number of benzene rings is 2. The summed E-state index contributed by atoms with van der Waals surface area (Å²) in [4.78, 5) is 25.1. The van der Waals surface area contributed by atoms with Gasteiger partial charge in [0, 0.05) is 23.8 Å². The number of rotatable bonds is 6. The number of aliphatic hydroxyl groups excluding tert-OH is 4. The Bertz CT molecular complexity index is 1300. The zero-order valence-corrected chi connectivity index (χ0v) is 18.8. The summed E-state index contributed by atoms with van der Waals surface area (Å²) in [6.07, 6.45) is -9.13. The minimum Gasteiger partial charge on any atom is -0.508 e. The molecule has 3 aromatic rings. The third-order valence-corrected chi connectivity index (χ3v) is 5.67. The van der Waals surface area contributed by atoms with Crippen molar-refractivity contribution in [3.63, 3.8) is 0 Å². The second kappa shape index (κ2) is 10.2. The lowest BCUT2D eigenvalue weighted by Crippen LogP contribution is -2.60. The molecule has 2 heterocycles. The minimum atomic E-state index is -1.71. The van der Waals surface area contributed by atoms with E-state index in [4.69, 9.17) is 18.6 Å². The smallest absolute Gasteiger partial charge is 0.340 e. The first kappa shape index (κ1) is 25.6. The van der Waals surface area contributed by atoms with Crippen LogP contribution in [0.2, 0.25) is 0 Å². The minimum absolute atomic E-state index is 0.0220. The van der Waals surface area contributed by atoms with Gasteiger partial charge in [-0.2, -0.15) is 0 Å². The van der Waals surface area contributed by atoms with Gasteiger partial charge in [0.2, 0.25) is 0 Å². The first-order chi connectivity index (χ1) is 17.1. The van der Waals surface area contributed by atoms with Gasteiger partial charge < -0.3 is 49.3 Å². The largest absolute Gasteiger partial charge is 0.508 e. The van der Waals surface area contributed by atoms with Crippen LogP contribution in [0.25, 0.3) is 22.3 Å². The summed E-state index contributed by atoms with van der Waals surface area (Å²) in [7, 11) is 0. The highest BCUT2D eigenvalue weighted by molar-refractivity contribution is 5.87. The van der Waals surface area contributed by atoms with Crippen LogP contribution in [0.4, 0.5) is 0 Å². The lowest BCUT2D eigenvalue weighted by atomic mass is 9.99. The van der Waals surface area contributed by atoms with Crippen molar-refractivity contribution in [3.05, 3.63) is 52.7 Å². The summed E-state index contributed by atoms with van der Waals surface area (Å²) < 4.78 is 21.5. The van der Waals surface area contributed by atoms with Gasteiger partial charge >= 0.3 is 5.97 Å². The number of aromatic hydroxyl groups is 2. The summed E-state index contributed by atoms with van der Waals surface area (Å²) in [5.41, 5.74) is -0.139. The van der Waals surface area contributed by atoms with Crippen LogP contribution in [0, 0.1) is 0 Å². The fraction of sp³-hybridized carbons (Fsp3) is 0.333. The molecule has 0 spiro atoms. The summed E-state index contributed by atoms with van der Waals surface area (Å²) in [5, 5.41) is 58.7. The molecule has 6 unspecified atom stereocenters. The van der Waals surface area contributed by atoms with Gasteiger partial charge in [-0.25, -0.2) is 4.79 Å². The fourth-order valence-electron chi connectivity index (χ4n) is 3.71. The Hall–Kier alpha value is -3.52. The van der Waals surface area contributed by atoms with Crippen LogP contribution < -0.4 is 10.2 Å². The lowest BCUT2D eigenvalue weighted by molar-refractivity contribution is -0.308. The maximum Gasteiger partial charge on any atom is 0.340 e. The summed E-state index contributed by atoms with van der Waals surface area (Å²) >= 11 is 0. The van der Waals surface area contributed by atoms with Crippen LogP contribution in [-0.4, -0.2) is 80.0 Å². The van der Waals surface area contributed by atoms with E-state index in [1.807, 2.05) is 0 Å². The van der Waals surface area contributed by atoms with Gasteiger partial charge in [-0.3, -0.25) is 4.79 Å². The van der Waals surface area contributed by atoms with Gasteiger partial charge in [0.25, 0.3) is 0 Å². The Kier molecular flexibility index (Phi) is 7.26. The van der Waals surface area contributed by atoms with Crippen molar-refractivity contribution < 1.29 is 54.1 Å². The summed E-state index contributed by atoms with van der Waals surface area (Å²) in [6, 6.07) is 9.31. The van der Waals surface area contributed by atoms with Crippen molar-refractivity contribution in [1.29, 1.82) is 0 Å². The molecule has 1 fully saturated rings. The molecule has 0 bridgehead atoms. The molecule has 1 aliphatic rings. The lowest BCUT2D eigenvalue weighted by Gasteiger charge is -2.40. The van der Waals surface area contributed by atoms with Gasteiger partial charge in [0.15, 0.2) is 17.8 Å². The predicted octanol–water partition coefficient (Wildman–Crippen LogP) is -0.0184. The van der Waals surface area contributed by atoms with Crippen LogP contribution >= 0.6 is 0 Å². The maximum atomic E-state index is 12.6. The monoisotopic (exact) mass is 504 g/mol. The molecule has 0 amide bonds. The highest BCUT2D eigenvalue weighted by Gasteiger charge is 2.45. The Labute approximate surface area is 203 Å². The average Bonchev–Trinajstić information content (AvgIpc) is 2.84. The quantitative estimate of drug-likeness (QED) is 0.194. The number of esters is 1. The number of hydrogen-bond donors (Lipinski definition) is 6. The molecule has 6 atom stereocenters. The SMILES string of the molecule is CC(OC1OC(CO)C(O)C(O)C1O)C(=O)Oc1cc(O)c2c(=O)cc(-c3ccc(O)cc3)oc2c1. The molecular formula is C24H24O12. The van der Waals surface area contributed by atoms with E-state index in [9.17, 15) is 40.2 Å². The normalized spacial score (nSPS) is 25.0. The van der Waals surface area contributed by atoms with Crippen LogP contribution in [0.3, 0.4) is 0 Å². The molecule has 192 valence electrons. The predicted molar refractivity (Wildman–Crippen MR) is 121 cm³/mol. The molecule has 1 aromatic heterocycles. The first-order valence-electron chi connectivity index (χ1n) is 10.9. The zero-order chi connectivity index (χ0) is 26.1. The second-order valence-corrected chi connectivity index (χ2v) is 8.23. The van der Waals surface area contributed by atoms with Gasteiger partial charge in [0.05, 0.1) is 6.61 Å². The van der Waals surface area contributed by atoms with Crippen molar-refractivity contribution in [1.82, 2.24) is 0 Å². The number of ether oxygens (including phenoxy) is 3. The Morgan fingerprint density at radius 2 is 1.72 bits per heavy atom. The van der Waals surface area contributed by atoms with Crippen LogP contribution in [0.1, 0.15) is 6.92 Å². The molecule has 12 heteroatoms. The van der Waals surface area contributed by atoms with E-state index in [1.165, 1.54) is 43.3 Å². The van der Waals surface area contributed by atoms with Gasteiger partial charge in [-0.1, -0.05) is 0 Å². The van der Waals surface area contributed by atoms with E-state index in [-0.39, 0.29) is 28.2 Å². The first-order valence-corrected chi connectivity index (χ1v) is 10.9. The highest BCUT2D eigenvalue weighted by atomic mass is 16.7. The molecule has 0 aliphatic carbocycles. The van der Waals surface area contributed by atoms with E-state index in [1.54, 1.807) is 0 Å². The van der Waals surface area contributed by atoms with Gasteiger partial charge in [0.1, 0.15) is 58.4 Å². The third-order valence-electron chi connectivity index (χ3n) is 5.67. The van der Waals surface area contributed by atoms with E-state index in [0.29, 0.717) is 5.56 Å². The average molecular weight is 504 g/mol. The Morgan fingerprint density at radius 1 is 1.03 bits per heavy atom. The molecule has 1 saturated heterocycles. The number of fused-ring (bicyclic) bond motifs is 1. The van der Waals surface area contributed by atoms with Crippen LogP contribution in [0.15, 0.2) is 51.7 Å². The van der Waals surface area contributed by atoms with E-state index in [0.717, 1.165) is 6.07 Å². The number of hydrogen-bond acceptors (Lipinski definition) is 12. The van der Waals surface area contributed by atoms with Crippen molar-refractivity contribution in [3.8, 4) is 28.6 Å². The van der Waals surface area contributed by atoms with E-state index >= 15 is 0 Å². The van der Waals surface area contributed by atoms with Crippen molar-refractivity contribution in [2.24, 2.45) is 0 Å². The molecule has 6 N–H and O–H groups in total. The molecule has 1 aliphatic heterocycles. The number of carbonyl (C=O) groups excluding carboxylic acids is 1. The van der Waals surface area contributed by atoms with Crippen molar-refractivity contribution in [2.75, 3.05) is 6.61 Å². The number of phenolic OH excluding ortho intramolecular Hbond substituents is 2. The third kappa shape index (κ3) is 5.04. The van der Waals surface area contributed by atoms with E-state index < -0.39 is 60.6 Å². The van der Waals surface area contributed by atoms with E-state index in [2.05, 4.69) is 0 Å². The zero-order valence-electron chi connectivity index (χ0n) is 18.8. The molecule has 12 nitrogen and oxygen atoms in total. The van der Waals surface area contributed by atoms with Gasteiger partial charge in [-0.15, -0.1) is 0 Å². The molecule has 0 radical (unpaired) electrons. The summed E-state index contributed by atoms with van der Waals surface area (Å²) in [5.74, 6) is -1.49. The Morgan fingerprint density at radius 3 is 2.39 bits per heavy atom. The number of phenols is 2. The fourth-order valence-corrected chi connectivity index (χ4v) is 3.71. The van der Waals surface area contributed by atoms with Crippen molar-refractivity contribution >= 4 is 16.9 Å². The second-order valence-electron chi connectivity index (χ2n) is 8.23. The molecule has 0 saturated carbocycles. The van der Waals surface area contributed by atoms with Crippen LogP contribution in [0.5, 0.6) is 17.2 Å². The summed E-state index contributed by atoms with van der Waals surface area (Å²) in [6.45, 7) is 0.602. The molecule has 2 aromatic carbocycles. The van der Waals surface area contributed by atoms with Gasteiger partial charge in [-0.05, 0) is 31.2 Å². The molecule has 4 rings (SSSR count).